The summed E-state index contributed by atoms with van der Waals surface area (Å²) in [5.41, 5.74) is 5.42. The Morgan fingerprint density at radius 1 is 1.14 bits per heavy atom. The zero-order chi connectivity index (χ0) is 20.5. The average molecular weight is 503 g/mol. The first-order valence-corrected chi connectivity index (χ1v) is 9.71. The summed E-state index contributed by atoms with van der Waals surface area (Å²) in [6.07, 6.45) is 2.83. The van der Waals surface area contributed by atoms with E-state index >= 15 is 0 Å². The monoisotopic (exact) mass is 501 g/mol. The highest BCUT2D eigenvalue weighted by molar-refractivity contribution is 9.10. The standard InChI is InChI=1S/C18H14BrCl2N3O3S/c19-13-9-12(20)6-7-15(13)27-10-17(26)23-24-18(28)22-16(25)8-5-11-3-1-2-4-14(11)21/h1-9H,10H2,(H,23,26)(H2,22,24,25,28). The number of hydrogen-bond acceptors (Lipinski definition) is 4. The van der Waals surface area contributed by atoms with Crippen LogP contribution >= 0.6 is 51.3 Å². The van der Waals surface area contributed by atoms with Gasteiger partial charge < -0.3 is 4.74 Å². The van der Waals surface area contributed by atoms with Crippen LogP contribution in [0.25, 0.3) is 6.08 Å². The molecule has 146 valence electrons. The minimum atomic E-state index is -0.495. The van der Waals surface area contributed by atoms with Gasteiger partial charge in [0.15, 0.2) is 11.7 Å². The largest absolute Gasteiger partial charge is 0.483 e. The van der Waals surface area contributed by atoms with Gasteiger partial charge in [-0.2, -0.15) is 0 Å². The molecule has 0 atom stereocenters. The van der Waals surface area contributed by atoms with Crippen LogP contribution in [0.2, 0.25) is 10.0 Å². The lowest BCUT2D eigenvalue weighted by atomic mass is 10.2. The number of thiocarbonyl (C=S) groups is 1. The number of benzene rings is 2. The van der Waals surface area contributed by atoms with Crippen LogP contribution in [0.15, 0.2) is 53.0 Å². The van der Waals surface area contributed by atoms with E-state index in [1.54, 1.807) is 48.5 Å². The first kappa shape index (κ1) is 22.2. The molecule has 0 heterocycles. The van der Waals surface area contributed by atoms with E-state index in [0.29, 0.717) is 25.8 Å². The molecule has 0 unspecified atom stereocenters. The maximum absolute atomic E-state index is 11.8. The zero-order valence-corrected chi connectivity index (χ0v) is 18.1. The van der Waals surface area contributed by atoms with Crippen LogP contribution in [-0.2, 0) is 9.59 Å². The van der Waals surface area contributed by atoms with E-state index in [-0.39, 0.29) is 11.7 Å². The summed E-state index contributed by atoms with van der Waals surface area (Å²) in [7, 11) is 0. The second kappa shape index (κ2) is 11.0. The topological polar surface area (TPSA) is 79.5 Å². The van der Waals surface area contributed by atoms with Crippen molar-refractivity contribution in [2.75, 3.05) is 6.61 Å². The van der Waals surface area contributed by atoms with Gasteiger partial charge >= 0.3 is 0 Å². The Balaban J connectivity index is 1.73. The van der Waals surface area contributed by atoms with Crippen LogP contribution in [0.3, 0.4) is 0 Å². The van der Waals surface area contributed by atoms with Crippen molar-refractivity contribution in [2.45, 2.75) is 0 Å². The SMILES string of the molecule is O=C(C=Cc1ccccc1Cl)NC(=S)NNC(=O)COc1ccc(Cl)cc1Br. The number of amides is 2. The van der Waals surface area contributed by atoms with E-state index in [4.69, 9.17) is 40.2 Å². The van der Waals surface area contributed by atoms with Gasteiger partial charge in [-0.15, -0.1) is 0 Å². The second-order valence-corrected chi connectivity index (χ2v) is 7.32. The van der Waals surface area contributed by atoms with Crippen molar-refractivity contribution in [1.82, 2.24) is 16.2 Å². The third-order valence-corrected chi connectivity index (χ3v) is 4.53. The first-order valence-electron chi connectivity index (χ1n) is 7.75. The van der Waals surface area contributed by atoms with Crippen molar-refractivity contribution >= 4 is 74.4 Å². The molecule has 10 heteroatoms. The fourth-order valence-corrected chi connectivity index (χ4v) is 3.01. The molecule has 2 rings (SSSR count). The van der Waals surface area contributed by atoms with Crippen LogP contribution in [0.5, 0.6) is 5.75 Å². The Morgan fingerprint density at radius 3 is 2.61 bits per heavy atom. The van der Waals surface area contributed by atoms with E-state index < -0.39 is 11.8 Å². The molecule has 0 saturated carbocycles. The minimum Gasteiger partial charge on any atom is -0.483 e. The van der Waals surface area contributed by atoms with Crippen molar-refractivity contribution in [1.29, 1.82) is 0 Å². The molecule has 0 spiro atoms. The lowest BCUT2D eigenvalue weighted by Crippen LogP contribution is -2.49. The molecule has 2 aromatic carbocycles. The summed E-state index contributed by atoms with van der Waals surface area (Å²) >= 11 is 20.1. The molecular formula is C18H14BrCl2N3O3S. The highest BCUT2D eigenvalue weighted by Gasteiger charge is 2.07. The number of hydrogen-bond donors (Lipinski definition) is 3. The number of carbonyl (C=O) groups excluding carboxylic acids is 2. The molecule has 28 heavy (non-hydrogen) atoms. The summed E-state index contributed by atoms with van der Waals surface area (Å²) in [5.74, 6) is -0.516. The molecule has 0 bridgehead atoms. The molecule has 0 saturated heterocycles. The Kier molecular flexibility index (Phi) is 8.72. The summed E-state index contributed by atoms with van der Waals surface area (Å²) < 4.78 is 5.97. The van der Waals surface area contributed by atoms with Crippen molar-refractivity contribution in [2.24, 2.45) is 0 Å². The number of ether oxygens (including phenoxy) is 1. The molecule has 2 aromatic rings. The van der Waals surface area contributed by atoms with Crippen molar-refractivity contribution in [3.63, 3.8) is 0 Å². The van der Waals surface area contributed by atoms with Crippen molar-refractivity contribution < 1.29 is 14.3 Å². The second-order valence-electron chi connectivity index (χ2n) is 5.21. The third-order valence-electron chi connectivity index (χ3n) is 3.12. The van der Waals surface area contributed by atoms with Gasteiger partial charge in [-0.1, -0.05) is 41.4 Å². The highest BCUT2D eigenvalue weighted by Crippen LogP contribution is 2.27. The molecule has 0 aromatic heterocycles. The van der Waals surface area contributed by atoms with E-state index in [0.717, 1.165) is 0 Å². The maximum atomic E-state index is 11.8. The lowest BCUT2D eigenvalue weighted by molar-refractivity contribution is -0.123. The smallest absolute Gasteiger partial charge is 0.276 e. The maximum Gasteiger partial charge on any atom is 0.276 e. The minimum absolute atomic E-state index is 0.0742. The van der Waals surface area contributed by atoms with E-state index in [2.05, 4.69) is 32.1 Å². The number of rotatable bonds is 5. The van der Waals surface area contributed by atoms with E-state index in [1.165, 1.54) is 6.08 Å². The first-order chi connectivity index (χ1) is 13.3. The van der Waals surface area contributed by atoms with Gasteiger partial charge in [0.1, 0.15) is 5.75 Å². The van der Waals surface area contributed by atoms with Gasteiger partial charge in [-0.3, -0.25) is 25.8 Å². The molecule has 6 nitrogen and oxygen atoms in total. The number of nitrogens with one attached hydrogen (secondary N) is 3. The van der Waals surface area contributed by atoms with Crippen LogP contribution in [0.4, 0.5) is 0 Å². The summed E-state index contributed by atoms with van der Waals surface area (Å²) in [4.78, 5) is 23.6. The molecule has 2 amide bonds. The highest BCUT2D eigenvalue weighted by atomic mass is 79.9. The van der Waals surface area contributed by atoms with Gasteiger partial charge in [0, 0.05) is 16.1 Å². The Bertz CT molecular complexity index is 925. The van der Waals surface area contributed by atoms with Crippen LogP contribution in [-0.4, -0.2) is 23.5 Å². The molecule has 0 aliphatic carbocycles. The Labute approximate surface area is 185 Å². The van der Waals surface area contributed by atoms with Gasteiger partial charge in [-0.25, -0.2) is 0 Å². The van der Waals surface area contributed by atoms with Gasteiger partial charge in [0.2, 0.25) is 5.91 Å². The molecular weight excluding hydrogens is 489 g/mol. The van der Waals surface area contributed by atoms with E-state index in [1.807, 2.05) is 0 Å². The zero-order valence-electron chi connectivity index (χ0n) is 14.2. The van der Waals surface area contributed by atoms with Crippen LogP contribution in [0.1, 0.15) is 5.56 Å². The number of halogens is 3. The predicted molar refractivity (Wildman–Crippen MR) is 117 cm³/mol. The Morgan fingerprint density at radius 2 is 1.89 bits per heavy atom. The molecule has 0 fully saturated rings. The third kappa shape index (κ3) is 7.47. The average Bonchev–Trinajstić information content (AvgIpc) is 2.65. The van der Waals surface area contributed by atoms with Crippen LogP contribution in [0, 0.1) is 0 Å². The fourth-order valence-electron chi connectivity index (χ4n) is 1.86. The van der Waals surface area contributed by atoms with Gasteiger partial charge in [-0.05, 0) is 64.1 Å². The molecule has 3 N–H and O–H groups in total. The quantitative estimate of drug-likeness (QED) is 0.328. The number of carbonyl (C=O) groups is 2. The lowest BCUT2D eigenvalue weighted by Gasteiger charge is -2.11. The van der Waals surface area contributed by atoms with Gasteiger partial charge in [0.05, 0.1) is 4.47 Å². The summed E-state index contributed by atoms with van der Waals surface area (Å²) in [5, 5.41) is 3.37. The summed E-state index contributed by atoms with van der Waals surface area (Å²) in [6, 6.07) is 12.0. The van der Waals surface area contributed by atoms with Gasteiger partial charge in [0.25, 0.3) is 5.91 Å². The normalized spacial score (nSPS) is 10.4. The predicted octanol–water partition coefficient (Wildman–Crippen LogP) is 3.87. The summed E-state index contributed by atoms with van der Waals surface area (Å²) in [6.45, 7) is -0.268. The van der Waals surface area contributed by atoms with Crippen molar-refractivity contribution in [3.05, 3.63) is 68.6 Å². The number of hydrazine groups is 1. The molecule has 0 aliphatic heterocycles. The van der Waals surface area contributed by atoms with E-state index in [9.17, 15) is 9.59 Å². The van der Waals surface area contributed by atoms with Crippen molar-refractivity contribution in [3.8, 4) is 5.75 Å². The molecule has 0 aliphatic rings. The molecule has 0 radical (unpaired) electrons. The fraction of sp³-hybridized carbons (Fsp3) is 0.0556. The Hall–Kier alpha value is -2.13. The van der Waals surface area contributed by atoms with Crippen LogP contribution < -0.4 is 20.9 Å².